The lowest BCUT2D eigenvalue weighted by Crippen LogP contribution is -2.66. The first kappa shape index (κ1) is 27.5. The molecule has 6 aliphatic heterocycles. The van der Waals surface area contributed by atoms with Crippen LogP contribution in [0.5, 0.6) is 0 Å². The molecule has 4 N–H and O–H groups in total. The fourth-order valence-corrected chi connectivity index (χ4v) is 9.67. The third-order valence-corrected chi connectivity index (χ3v) is 11.1. The Morgan fingerprint density at radius 1 is 0.636 bits per heavy atom. The minimum Gasteiger partial charge on any atom is -0.364 e. The summed E-state index contributed by atoms with van der Waals surface area (Å²) < 4.78 is 0. The van der Waals surface area contributed by atoms with Crippen LogP contribution < -0.4 is 21.3 Å². The lowest BCUT2D eigenvalue weighted by molar-refractivity contribution is -0.149. The molecular weight excluding hydrogens is 556 g/mol. The van der Waals surface area contributed by atoms with Crippen molar-refractivity contribution in [2.45, 2.75) is 101 Å². The summed E-state index contributed by atoms with van der Waals surface area (Å²) in [5.74, 6) is 0.0113. The Morgan fingerprint density at radius 3 is 1.41 bits per heavy atom. The third kappa shape index (κ3) is 3.31. The summed E-state index contributed by atoms with van der Waals surface area (Å²) >= 11 is 0. The minimum atomic E-state index is -0.802. The number of benzene rings is 2. The van der Waals surface area contributed by atoms with Crippen LogP contribution in [0.15, 0.2) is 48.5 Å². The Balaban J connectivity index is 1.35. The highest BCUT2D eigenvalue weighted by Crippen LogP contribution is 2.68. The zero-order valence-corrected chi connectivity index (χ0v) is 25.6. The van der Waals surface area contributed by atoms with E-state index in [9.17, 15) is 19.2 Å². The Bertz CT molecular complexity index is 1490. The maximum absolute atomic E-state index is 14.3. The maximum atomic E-state index is 14.3. The highest BCUT2D eigenvalue weighted by molar-refractivity contribution is 6.01. The van der Waals surface area contributed by atoms with Gasteiger partial charge in [-0.25, -0.2) is 0 Å². The molecule has 0 radical (unpaired) electrons. The molecule has 0 aliphatic carbocycles. The molecule has 10 nitrogen and oxygen atoms in total. The summed E-state index contributed by atoms with van der Waals surface area (Å²) in [6, 6.07) is 13.7. The summed E-state index contributed by atoms with van der Waals surface area (Å²) in [6.07, 6.45) is 0.817. The van der Waals surface area contributed by atoms with Crippen molar-refractivity contribution in [2.75, 3.05) is 10.6 Å². The fraction of sp³-hybridized carbons (Fsp3) is 0.529. The van der Waals surface area contributed by atoms with Gasteiger partial charge in [0.1, 0.15) is 36.5 Å². The highest BCUT2D eigenvalue weighted by Gasteiger charge is 2.78. The molecule has 0 saturated carbocycles. The summed E-state index contributed by atoms with van der Waals surface area (Å²) in [5.41, 5.74) is 2.29. The monoisotopic (exact) mass is 596 g/mol. The summed E-state index contributed by atoms with van der Waals surface area (Å²) in [5, 5.41) is 13.5. The molecular formula is C34H40N6O4. The third-order valence-electron chi connectivity index (χ3n) is 11.1. The zero-order chi connectivity index (χ0) is 30.7. The van der Waals surface area contributed by atoms with E-state index in [0.29, 0.717) is 25.7 Å². The molecule has 2 aromatic carbocycles. The van der Waals surface area contributed by atoms with Crippen LogP contribution >= 0.6 is 0 Å². The quantitative estimate of drug-likeness (QED) is 0.421. The van der Waals surface area contributed by atoms with Gasteiger partial charge in [0.25, 0.3) is 0 Å². The minimum absolute atomic E-state index is 0.0794. The number of nitrogens with zero attached hydrogens (tertiary/aromatic N) is 2. The molecule has 230 valence electrons. The van der Waals surface area contributed by atoms with Gasteiger partial charge in [0.15, 0.2) is 0 Å². The molecule has 0 bridgehead atoms. The molecule has 6 heterocycles. The van der Waals surface area contributed by atoms with Gasteiger partial charge in [-0.2, -0.15) is 0 Å². The average molecular weight is 597 g/mol. The van der Waals surface area contributed by atoms with Crippen molar-refractivity contribution in [3.8, 4) is 0 Å². The lowest BCUT2D eigenvalue weighted by Gasteiger charge is -2.48. The standard InChI is InChI=1S/C34H40N6O4/c1-17(2)13-23-29(43)39-25(27(41)35-23)15-33(19-9-5-7-11-21(19)37-31(33)39)34-16-26-28(42)36-24(14-18(3)4)30(44)40(26)32(34)38-22-12-8-6-10-20(22)34/h5-12,17-18,23-26,31-32,37-38H,13-16H2,1-4H3,(H,35,41)(H,36,42). The first-order chi connectivity index (χ1) is 21.1. The molecule has 0 aromatic heterocycles. The zero-order valence-electron chi connectivity index (χ0n) is 25.6. The van der Waals surface area contributed by atoms with Crippen molar-refractivity contribution >= 4 is 35.0 Å². The van der Waals surface area contributed by atoms with Crippen molar-refractivity contribution < 1.29 is 19.2 Å². The van der Waals surface area contributed by atoms with Crippen LogP contribution in [0.2, 0.25) is 0 Å². The first-order valence-corrected chi connectivity index (χ1v) is 16.1. The predicted octanol–water partition coefficient (Wildman–Crippen LogP) is 2.66. The van der Waals surface area contributed by atoms with Gasteiger partial charge >= 0.3 is 0 Å². The summed E-state index contributed by atoms with van der Waals surface area (Å²) in [4.78, 5) is 60.0. The normalized spacial score (nSPS) is 36.2. The van der Waals surface area contributed by atoms with Gasteiger partial charge in [0, 0.05) is 11.4 Å². The number of nitrogens with one attached hydrogen (secondary N) is 4. The molecule has 4 fully saturated rings. The Hall–Kier alpha value is -4.08. The molecule has 4 saturated heterocycles. The van der Waals surface area contributed by atoms with E-state index in [2.05, 4.69) is 61.1 Å². The van der Waals surface area contributed by atoms with E-state index in [1.807, 2.05) is 36.4 Å². The number of carbonyl (C=O) groups excluding carboxylic acids is 4. The van der Waals surface area contributed by atoms with Crippen LogP contribution in [-0.2, 0) is 30.0 Å². The van der Waals surface area contributed by atoms with Crippen LogP contribution in [0.1, 0.15) is 64.5 Å². The van der Waals surface area contributed by atoms with Crippen molar-refractivity contribution in [1.82, 2.24) is 20.4 Å². The number of carbonyl (C=O) groups is 4. The van der Waals surface area contributed by atoms with Crippen LogP contribution in [0.3, 0.4) is 0 Å². The van der Waals surface area contributed by atoms with Crippen LogP contribution in [0, 0.1) is 11.8 Å². The van der Waals surface area contributed by atoms with E-state index in [1.54, 1.807) is 9.80 Å². The first-order valence-electron chi connectivity index (χ1n) is 16.1. The maximum Gasteiger partial charge on any atom is 0.247 e. The largest absolute Gasteiger partial charge is 0.364 e. The Morgan fingerprint density at radius 2 is 1.02 bits per heavy atom. The molecule has 44 heavy (non-hydrogen) atoms. The number of anilines is 2. The second-order valence-corrected chi connectivity index (χ2v) is 14.4. The molecule has 6 aliphatic rings. The van der Waals surface area contributed by atoms with Gasteiger partial charge < -0.3 is 31.1 Å². The van der Waals surface area contributed by atoms with Gasteiger partial charge in [0.05, 0.1) is 10.8 Å². The molecule has 8 rings (SSSR count). The molecule has 0 spiro atoms. The number of rotatable bonds is 5. The number of fused-ring (bicyclic) bond motifs is 11. The second kappa shape index (κ2) is 9.22. The van der Waals surface area contributed by atoms with Crippen molar-refractivity contribution in [3.05, 3.63) is 59.7 Å². The van der Waals surface area contributed by atoms with Gasteiger partial charge in [-0.05, 0) is 60.8 Å². The highest BCUT2D eigenvalue weighted by atomic mass is 16.2. The second-order valence-electron chi connectivity index (χ2n) is 14.4. The number of hydrogen-bond donors (Lipinski definition) is 4. The fourth-order valence-electron chi connectivity index (χ4n) is 9.67. The van der Waals surface area contributed by atoms with Gasteiger partial charge in [-0.3, -0.25) is 19.2 Å². The average Bonchev–Trinajstić information content (AvgIpc) is 3.68. The SMILES string of the molecule is CC(C)CC1NC(=O)C2CC3(C45CC6C(=O)NC(CC(C)C)C(=O)N6C4Nc4ccccc45)c4ccccc4NC3N2C1=O. The van der Waals surface area contributed by atoms with Crippen LogP contribution in [0.25, 0.3) is 0 Å². The van der Waals surface area contributed by atoms with Crippen molar-refractivity contribution in [1.29, 1.82) is 0 Å². The smallest absolute Gasteiger partial charge is 0.247 e. The van der Waals surface area contributed by atoms with E-state index in [4.69, 9.17) is 0 Å². The van der Waals surface area contributed by atoms with E-state index in [-0.39, 0.29) is 35.5 Å². The lowest BCUT2D eigenvalue weighted by atomic mass is 9.54. The molecule has 10 heteroatoms. The van der Waals surface area contributed by atoms with E-state index >= 15 is 0 Å². The molecule has 8 atom stereocenters. The molecule has 2 aromatic rings. The number of hydrogen-bond acceptors (Lipinski definition) is 6. The van der Waals surface area contributed by atoms with Crippen LogP contribution in [-0.4, -0.2) is 69.9 Å². The summed E-state index contributed by atoms with van der Waals surface area (Å²) in [6.45, 7) is 8.21. The Kier molecular flexibility index (Phi) is 5.75. The van der Waals surface area contributed by atoms with Crippen molar-refractivity contribution in [3.63, 3.8) is 0 Å². The topological polar surface area (TPSA) is 123 Å². The predicted molar refractivity (Wildman–Crippen MR) is 164 cm³/mol. The Labute approximate surface area is 257 Å². The van der Waals surface area contributed by atoms with E-state index < -0.39 is 47.3 Å². The van der Waals surface area contributed by atoms with E-state index in [0.717, 1.165) is 22.5 Å². The number of piperazine rings is 2. The van der Waals surface area contributed by atoms with Gasteiger partial charge in [-0.15, -0.1) is 0 Å². The molecule has 4 amide bonds. The van der Waals surface area contributed by atoms with Crippen LogP contribution in [0.4, 0.5) is 11.4 Å². The number of amides is 4. The van der Waals surface area contributed by atoms with E-state index in [1.165, 1.54) is 0 Å². The molecule has 8 unspecified atom stereocenters. The van der Waals surface area contributed by atoms with Gasteiger partial charge in [-0.1, -0.05) is 64.1 Å². The van der Waals surface area contributed by atoms with Gasteiger partial charge in [0.2, 0.25) is 23.6 Å². The summed E-state index contributed by atoms with van der Waals surface area (Å²) in [7, 11) is 0. The number of para-hydroxylation sites is 2. The van der Waals surface area contributed by atoms with Crippen molar-refractivity contribution in [2.24, 2.45) is 11.8 Å².